The van der Waals surface area contributed by atoms with Crippen molar-refractivity contribution < 1.29 is 97.3 Å². The number of alkyl halides is 15. The van der Waals surface area contributed by atoms with Crippen LogP contribution in [0.4, 0.5) is 65.9 Å². The highest BCUT2D eigenvalue weighted by molar-refractivity contribution is 6.90. The molecule has 0 N–H and O–H groups in total. The van der Waals surface area contributed by atoms with Crippen molar-refractivity contribution in [1.82, 2.24) is 0 Å². The van der Waals surface area contributed by atoms with Gasteiger partial charge in [0.1, 0.15) is 0 Å². The van der Waals surface area contributed by atoms with E-state index in [2.05, 4.69) is 4.74 Å². The van der Waals surface area contributed by atoms with Crippen molar-refractivity contribution in [3.63, 3.8) is 0 Å². The summed E-state index contributed by atoms with van der Waals surface area (Å²) in [6, 6.07) is 0.0976. The summed E-state index contributed by atoms with van der Waals surface area (Å²) < 4.78 is 232. The van der Waals surface area contributed by atoms with Crippen molar-refractivity contribution in [2.45, 2.75) is 126 Å². The molecule has 0 fully saturated rings. The topological polar surface area (TPSA) is 80.3 Å². The molecule has 0 saturated heterocycles. The molecule has 0 aliphatic heterocycles. The van der Waals surface area contributed by atoms with Crippen molar-refractivity contribution in [2.75, 3.05) is 6.61 Å². The molecular weight excluding hydrogens is 810 g/mol. The molecule has 0 heterocycles. The van der Waals surface area contributed by atoms with Gasteiger partial charge in [-0.25, -0.2) is 14.0 Å². The van der Waals surface area contributed by atoms with Gasteiger partial charge in [0.2, 0.25) is 0 Å². The van der Waals surface area contributed by atoms with Crippen molar-refractivity contribution in [3.05, 3.63) is 12.2 Å². The third-order valence-electron chi connectivity index (χ3n) is 5.70. The van der Waals surface area contributed by atoms with E-state index in [-0.39, 0.29) is 18.5 Å². The number of hydrogen-bond acceptors (Lipinski definition) is 7. The molecule has 0 aromatic heterocycles. The third kappa shape index (κ3) is 11.7. The lowest BCUT2D eigenvalue weighted by atomic mass is 9.90. The average Bonchev–Trinajstić information content (AvgIpc) is 2.85. The summed E-state index contributed by atoms with van der Waals surface area (Å²) in [7, 11) is -10.4. The molecule has 0 rings (SSSR count). The molecule has 0 aromatic rings. The van der Waals surface area contributed by atoms with Crippen LogP contribution in [-0.4, -0.2) is 100 Å². The average molecular weight is 849 g/mol. The summed E-state index contributed by atoms with van der Waals surface area (Å²) in [5.41, 5.74) is 0. The fraction of sp³-hybridized carbons (Fsp3) is 0.840. The fourth-order valence-electron chi connectivity index (χ4n) is 3.72. The highest BCUT2D eigenvalue weighted by Gasteiger charge is 2.94. The van der Waals surface area contributed by atoms with Gasteiger partial charge in [-0.3, -0.25) is 0 Å². The van der Waals surface area contributed by atoms with Gasteiger partial charge in [-0.05, 0) is 72.3 Å². The molecule has 51 heavy (non-hydrogen) atoms. The highest BCUT2D eigenvalue weighted by Crippen LogP contribution is 2.62. The summed E-state index contributed by atoms with van der Waals surface area (Å²) in [5, 5.41) is 0. The maximum atomic E-state index is 14.0. The summed E-state index contributed by atoms with van der Waals surface area (Å²) >= 11 is 0. The maximum absolute atomic E-state index is 14.0. The Kier molecular flexibility index (Phi) is 15.1. The zero-order valence-electron chi connectivity index (χ0n) is 28.9. The molecule has 0 amide bonds. The van der Waals surface area contributed by atoms with E-state index >= 15 is 0 Å². The standard InChI is InChI=1S/C25H39F15O7Si4/c1-16(26)19(27,28)20(29,30)21(31,32)22(33,34)23(35,36)24(37,38)25(39,40)44-18(42)13-12-17(41)43-14-11-15-51(45-48(2,3)4,46-49(5,6)7)47-50(8,9)10/h12-13,16H,11,14-15H2,1-10H3. The van der Waals surface area contributed by atoms with Crippen LogP contribution in [0.1, 0.15) is 13.3 Å². The molecule has 1 atom stereocenters. The molecule has 302 valence electrons. The summed E-state index contributed by atoms with van der Waals surface area (Å²) in [6.45, 7) is 15.7. The first-order valence-corrected chi connectivity index (χ1v) is 26.7. The largest absolute Gasteiger partial charge is 0.473 e. The van der Waals surface area contributed by atoms with Crippen LogP contribution in [0.25, 0.3) is 0 Å². The van der Waals surface area contributed by atoms with Crippen molar-refractivity contribution in [3.8, 4) is 0 Å². The smallest absolute Gasteiger partial charge is 0.463 e. The molecule has 0 radical (unpaired) electrons. The van der Waals surface area contributed by atoms with Gasteiger partial charge < -0.3 is 21.8 Å². The predicted octanol–water partition coefficient (Wildman–Crippen LogP) is 9.28. The normalized spacial score (nSPS) is 16.0. The first-order valence-electron chi connectivity index (χ1n) is 14.5. The minimum atomic E-state index is -8.48. The molecular formula is C25H39F15O7Si4. The van der Waals surface area contributed by atoms with Crippen LogP contribution in [-0.2, 0) is 31.4 Å². The molecule has 26 heteroatoms. The van der Waals surface area contributed by atoms with Gasteiger partial charge in [-0.15, -0.1) is 0 Å². The maximum Gasteiger partial charge on any atom is 0.473 e. The third-order valence-corrected chi connectivity index (χ3v) is 17.7. The van der Waals surface area contributed by atoms with E-state index in [1.807, 2.05) is 58.9 Å². The van der Waals surface area contributed by atoms with Crippen LogP contribution >= 0.6 is 0 Å². The zero-order valence-corrected chi connectivity index (χ0v) is 32.9. The Morgan fingerprint density at radius 2 is 0.902 bits per heavy atom. The second kappa shape index (κ2) is 15.6. The number of carbonyl (C=O) groups excluding carboxylic acids is 2. The first-order chi connectivity index (χ1) is 22.1. The minimum Gasteiger partial charge on any atom is -0.463 e. The van der Waals surface area contributed by atoms with Crippen LogP contribution in [0.3, 0.4) is 0 Å². The van der Waals surface area contributed by atoms with E-state index in [0.717, 1.165) is 0 Å². The Balaban J connectivity index is 5.94. The molecule has 0 bridgehead atoms. The second-order valence-electron chi connectivity index (χ2n) is 14.0. The number of halogens is 15. The molecule has 0 aliphatic carbocycles. The van der Waals surface area contributed by atoms with E-state index in [1.54, 1.807) is 0 Å². The predicted molar refractivity (Wildman–Crippen MR) is 160 cm³/mol. The summed E-state index contributed by atoms with van der Waals surface area (Å²) in [5.74, 6) is -52.5. The summed E-state index contributed by atoms with van der Waals surface area (Å²) in [6.07, 6.45) is -12.3. The van der Waals surface area contributed by atoms with Crippen LogP contribution in [0, 0.1) is 0 Å². The van der Waals surface area contributed by atoms with E-state index in [9.17, 15) is 75.4 Å². The molecule has 0 saturated carbocycles. The Labute approximate surface area is 287 Å². The van der Waals surface area contributed by atoms with Gasteiger partial charge in [0.15, 0.2) is 31.1 Å². The molecule has 0 aliphatic rings. The van der Waals surface area contributed by atoms with Crippen molar-refractivity contribution in [1.29, 1.82) is 0 Å². The lowest BCUT2D eigenvalue weighted by molar-refractivity contribution is -0.462. The van der Waals surface area contributed by atoms with E-state index in [0.29, 0.717) is 0 Å². The number of esters is 2. The van der Waals surface area contributed by atoms with E-state index in [1.165, 1.54) is 0 Å². The number of carbonyl (C=O) groups is 2. The highest BCUT2D eigenvalue weighted by atomic mass is 28.5. The van der Waals surface area contributed by atoms with Gasteiger partial charge >= 0.3 is 62.4 Å². The molecule has 0 spiro atoms. The van der Waals surface area contributed by atoms with Gasteiger partial charge in [0.25, 0.3) is 0 Å². The fourth-order valence-corrected chi connectivity index (χ4v) is 18.3. The molecule has 7 nitrogen and oxygen atoms in total. The minimum absolute atomic E-state index is 0.0108. The van der Waals surface area contributed by atoms with Gasteiger partial charge in [-0.1, -0.05) is 0 Å². The van der Waals surface area contributed by atoms with Gasteiger partial charge in [0, 0.05) is 18.2 Å². The van der Waals surface area contributed by atoms with Crippen LogP contribution in [0.15, 0.2) is 12.2 Å². The van der Waals surface area contributed by atoms with Crippen molar-refractivity contribution in [2.24, 2.45) is 0 Å². The molecule has 1 unspecified atom stereocenters. The SMILES string of the molecule is CC(F)C(F)(F)C(F)(F)C(F)(F)C(F)(F)C(F)(F)C(F)(F)C(F)(F)OC(=O)C=CC(=O)OCCC[Si](O[Si](C)(C)C)(O[Si](C)(C)C)O[Si](C)(C)C. The summed E-state index contributed by atoms with van der Waals surface area (Å²) in [4.78, 5) is 23.6. The van der Waals surface area contributed by atoms with Gasteiger partial charge in [-0.2, -0.15) is 61.5 Å². The van der Waals surface area contributed by atoms with Crippen LogP contribution < -0.4 is 0 Å². The Hall–Kier alpha value is -1.62. The zero-order chi connectivity index (χ0) is 41.3. The monoisotopic (exact) mass is 848 g/mol. The Morgan fingerprint density at radius 1 is 0.569 bits per heavy atom. The second-order valence-corrected chi connectivity index (χ2v) is 31.0. The Morgan fingerprint density at radius 3 is 1.25 bits per heavy atom. The molecule has 0 aromatic carbocycles. The Bertz CT molecular complexity index is 1210. The van der Waals surface area contributed by atoms with E-state index in [4.69, 9.17) is 17.1 Å². The lowest BCUT2D eigenvalue weighted by Gasteiger charge is -2.42. The number of rotatable bonds is 20. The van der Waals surface area contributed by atoms with Gasteiger partial charge in [0.05, 0.1) is 6.61 Å². The van der Waals surface area contributed by atoms with Crippen molar-refractivity contribution >= 4 is 45.7 Å². The quantitative estimate of drug-likeness (QED) is 0.0398. The van der Waals surface area contributed by atoms with E-state index < -0.39 is 113 Å². The van der Waals surface area contributed by atoms with Crippen LogP contribution in [0.2, 0.25) is 65.0 Å². The number of ether oxygens (including phenoxy) is 2. The first kappa shape index (κ1) is 49.4. The number of hydrogen-bond donors (Lipinski definition) is 0. The lowest BCUT2D eigenvalue weighted by Crippen LogP contribution is -2.74. The van der Waals surface area contributed by atoms with Crippen LogP contribution in [0.5, 0.6) is 0 Å².